The number of nitrogens with one attached hydrogen (secondary N) is 1. The van der Waals surface area contributed by atoms with E-state index in [1.807, 2.05) is 12.1 Å². The van der Waals surface area contributed by atoms with Gasteiger partial charge in [0.05, 0.1) is 7.11 Å². The summed E-state index contributed by atoms with van der Waals surface area (Å²) in [6, 6.07) is 6.38. The normalized spacial score (nSPS) is 17.4. The van der Waals surface area contributed by atoms with Gasteiger partial charge in [0.1, 0.15) is 5.75 Å². The molecule has 112 valence electrons. The van der Waals surface area contributed by atoms with Crippen molar-refractivity contribution in [2.45, 2.75) is 51.5 Å². The first-order chi connectivity index (χ1) is 9.74. The Morgan fingerprint density at radius 1 is 1.35 bits per heavy atom. The van der Waals surface area contributed by atoms with Gasteiger partial charge >= 0.3 is 0 Å². The maximum absolute atomic E-state index is 6.41. The summed E-state index contributed by atoms with van der Waals surface area (Å²) >= 11 is 6.41. The van der Waals surface area contributed by atoms with Gasteiger partial charge in [-0.1, -0.05) is 50.3 Å². The van der Waals surface area contributed by atoms with E-state index in [9.17, 15) is 0 Å². The summed E-state index contributed by atoms with van der Waals surface area (Å²) in [6.45, 7) is 3.12. The number of rotatable bonds is 7. The van der Waals surface area contributed by atoms with Gasteiger partial charge < -0.3 is 10.1 Å². The summed E-state index contributed by atoms with van der Waals surface area (Å²) < 4.78 is 5.23. The van der Waals surface area contributed by atoms with Crippen LogP contribution in [0.3, 0.4) is 0 Å². The molecule has 0 aliphatic heterocycles. The van der Waals surface area contributed by atoms with Crippen LogP contribution in [0.4, 0.5) is 0 Å². The first kappa shape index (κ1) is 15.7. The Bertz CT molecular complexity index is 415. The van der Waals surface area contributed by atoms with Crippen LogP contribution in [0.2, 0.25) is 5.02 Å². The van der Waals surface area contributed by atoms with Crippen molar-refractivity contribution in [2.75, 3.05) is 13.7 Å². The molecule has 1 atom stereocenters. The van der Waals surface area contributed by atoms with E-state index in [-0.39, 0.29) is 0 Å². The van der Waals surface area contributed by atoms with Crippen LogP contribution in [0.1, 0.15) is 57.1 Å². The lowest BCUT2D eigenvalue weighted by atomic mass is 9.94. The van der Waals surface area contributed by atoms with Crippen molar-refractivity contribution in [2.24, 2.45) is 5.92 Å². The number of methoxy groups -OCH3 is 1. The van der Waals surface area contributed by atoms with Crippen molar-refractivity contribution in [3.8, 4) is 5.75 Å². The molecular formula is C17H26ClNO. The average molecular weight is 296 g/mol. The molecule has 20 heavy (non-hydrogen) atoms. The summed E-state index contributed by atoms with van der Waals surface area (Å²) in [5.41, 5.74) is 1.20. The van der Waals surface area contributed by atoms with Crippen LogP contribution in [-0.4, -0.2) is 13.7 Å². The minimum absolute atomic E-state index is 0.360. The van der Waals surface area contributed by atoms with Crippen LogP contribution in [0.25, 0.3) is 0 Å². The molecule has 0 spiro atoms. The molecule has 3 heteroatoms. The molecule has 0 radical (unpaired) electrons. The van der Waals surface area contributed by atoms with Crippen molar-refractivity contribution in [1.29, 1.82) is 0 Å². The lowest BCUT2D eigenvalue weighted by Crippen LogP contribution is -2.22. The second-order valence-corrected chi connectivity index (χ2v) is 6.13. The Balaban J connectivity index is 2.02. The number of benzene rings is 1. The quantitative estimate of drug-likeness (QED) is 0.767. The third-order valence-corrected chi connectivity index (χ3v) is 4.70. The summed E-state index contributed by atoms with van der Waals surface area (Å²) in [6.07, 6.45) is 8.13. The van der Waals surface area contributed by atoms with Crippen molar-refractivity contribution < 1.29 is 4.74 Å². The molecule has 0 aromatic heterocycles. The molecule has 1 unspecified atom stereocenters. The van der Waals surface area contributed by atoms with E-state index < -0.39 is 0 Å². The monoisotopic (exact) mass is 295 g/mol. The van der Waals surface area contributed by atoms with Crippen LogP contribution in [0.15, 0.2) is 18.2 Å². The Hall–Kier alpha value is -0.730. The third kappa shape index (κ3) is 4.13. The molecule has 0 heterocycles. The fraction of sp³-hybridized carbons (Fsp3) is 0.647. The van der Waals surface area contributed by atoms with Crippen LogP contribution >= 0.6 is 11.6 Å². The second-order valence-electron chi connectivity index (χ2n) is 5.73. The molecule has 1 aromatic carbocycles. The highest BCUT2D eigenvalue weighted by molar-refractivity contribution is 6.31. The Labute approximate surface area is 127 Å². The van der Waals surface area contributed by atoms with Gasteiger partial charge in [-0.2, -0.15) is 0 Å². The van der Waals surface area contributed by atoms with E-state index in [1.54, 1.807) is 7.11 Å². The molecule has 0 amide bonds. The van der Waals surface area contributed by atoms with Gasteiger partial charge in [0.25, 0.3) is 0 Å². The Kier molecular flexibility index (Phi) is 6.18. The Morgan fingerprint density at radius 2 is 2.10 bits per heavy atom. The predicted molar refractivity (Wildman–Crippen MR) is 85.6 cm³/mol. The van der Waals surface area contributed by atoms with E-state index in [1.165, 1.54) is 44.1 Å². The molecule has 1 aromatic rings. The Morgan fingerprint density at radius 3 is 2.70 bits per heavy atom. The minimum Gasteiger partial charge on any atom is -0.497 e. The van der Waals surface area contributed by atoms with Gasteiger partial charge in [-0.3, -0.25) is 0 Å². The topological polar surface area (TPSA) is 21.3 Å². The van der Waals surface area contributed by atoms with Crippen LogP contribution < -0.4 is 10.1 Å². The van der Waals surface area contributed by atoms with Crippen molar-refractivity contribution in [3.63, 3.8) is 0 Å². The van der Waals surface area contributed by atoms with Crippen LogP contribution in [-0.2, 0) is 0 Å². The predicted octanol–water partition coefficient (Wildman–Crippen LogP) is 4.97. The van der Waals surface area contributed by atoms with Crippen molar-refractivity contribution >= 4 is 11.6 Å². The highest BCUT2D eigenvalue weighted by atomic mass is 35.5. The second kappa shape index (κ2) is 7.90. The lowest BCUT2D eigenvalue weighted by Gasteiger charge is -2.21. The van der Waals surface area contributed by atoms with Crippen molar-refractivity contribution in [3.05, 3.63) is 28.8 Å². The number of halogens is 1. The fourth-order valence-corrected chi connectivity index (χ4v) is 3.53. The SMILES string of the molecule is CCNC(CCC1CCCC1)c1ccc(OC)cc1Cl. The number of hydrogen-bond acceptors (Lipinski definition) is 2. The fourth-order valence-electron chi connectivity index (χ4n) is 3.23. The summed E-state index contributed by atoms with van der Waals surface area (Å²) in [5, 5.41) is 4.38. The molecule has 2 nitrogen and oxygen atoms in total. The van der Waals surface area contributed by atoms with Crippen LogP contribution in [0.5, 0.6) is 5.75 Å². The summed E-state index contributed by atoms with van der Waals surface area (Å²) in [7, 11) is 1.67. The van der Waals surface area contributed by atoms with Gasteiger partial charge in [0, 0.05) is 11.1 Å². The van der Waals surface area contributed by atoms with Crippen molar-refractivity contribution in [1.82, 2.24) is 5.32 Å². The van der Waals surface area contributed by atoms with Gasteiger partial charge in [-0.15, -0.1) is 0 Å². The first-order valence-corrected chi connectivity index (χ1v) is 8.19. The van der Waals surface area contributed by atoms with E-state index in [0.29, 0.717) is 6.04 Å². The molecule has 0 saturated heterocycles. The third-order valence-electron chi connectivity index (χ3n) is 4.37. The summed E-state index contributed by atoms with van der Waals surface area (Å²) in [4.78, 5) is 0. The summed E-state index contributed by atoms with van der Waals surface area (Å²) in [5.74, 6) is 1.75. The molecule has 1 N–H and O–H groups in total. The highest BCUT2D eigenvalue weighted by Crippen LogP contribution is 2.34. The van der Waals surface area contributed by atoms with Gasteiger partial charge in [0.15, 0.2) is 0 Å². The molecule has 1 saturated carbocycles. The largest absolute Gasteiger partial charge is 0.497 e. The minimum atomic E-state index is 0.360. The standard InChI is InChI=1S/C17H26ClNO/c1-3-19-17(11-8-13-6-4-5-7-13)15-10-9-14(20-2)12-16(15)18/h9-10,12-13,17,19H,3-8,11H2,1-2H3. The number of ether oxygens (including phenoxy) is 1. The molecule has 0 bridgehead atoms. The maximum Gasteiger partial charge on any atom is 0.120 e. The van der Waals surface area contributed by atoms with E-state index in [4.69, 9.17) is 16.3 Å². The molecule has 1 fully saturated rings. The maximum atomic E-state index is 6.41. The molecular weight excluding hydrogens is 270 g/mol. The highest BCUT2D eigenvalue weighted by Gasteiger charge is 2.19. The zero-order valence-corrected chi connectivity index (χ0v) is 13.4. The number of hydrogen-bond donors (Lipinski definition) is 1. The first-order valence-electron chi connectivity index (χ1n) is 7.81. The van der Waals surface area contributed by atoms with E-state index in [2.05, 4.69) is 18.3 Å². The van der Waals surface area contributed by atoms with Gasteiger partial charge in [0.2, 0.25) is 0 Å². The molecule has 1 aliphatic carbocycles. The molecule has 2 rings (SSSR count). The zero-order valence-electron chi connectivity index (χ0n) is 12.6. The molecule has 1 aliphatic rings. The van der Waals surface area contributed by atoms with Gasteiger partial charge in [-0.05, 0) is 43.0 Å². The zero-order chi connectivity index (χ0) is 14.4. The van der Waals surface area contributed by atoms with E-state index >= 15 is 0 Å². The van der Waals surface area contributed by atoms with E-state index in [0.717, 1.165) is 23.2 Å². The smallest absolute Gasteiger partial charge is 0.120 e. The average Bonchev–Trinajstić information content (AvgIpc) is 2.97. The van der Waals surface area contributed by atoms with Crippen LogP contribution in [0, 0.1) is 5.92 Å². The van der Waals surface area contributed by atoms with Gasteiger partial charge in [-0.25, -0.2) is 0 Å². The lowest BCUT2D eigenvalue weighted by molar-refractivity contribution is 0.409.